The number of nitrogens with zero attached hydrogens (tertiary/aromatic N) is 2. The largest absolute Gasteiger partial charge is 0.389 e. The molecule has 2 aromatic rings. The molecule has 1 heterocycles. The minimum Gasteiger partial charge on any atom is -0.389 e. The minimum atomic E-state index is -0.596. The van der Waals surface area contributed by atoms with E-state index in [9.17, 15) is 5.11 Å². The summed E-state index contributed by atoms with van der Waals surface area (Å²) in [6.07, 6.45) is 3.79. The molecule has 1 fully saturated rings. The zero-order valence-electron chi connectivity index (χ0n) is 13.3. The molecule has 3 atom stereocenters. The highest BCUT2D eigenvalue weighted by Gasteiger charge is 2.39. The van der Waals surface area contributed by atoms with Crippen molar-refractivity contribution < 1.29 is 5.11 Å². The average Bonchev–Trinajstić information content (AvgIpc) is 2.80. The van der Waals surface area contributed by atoms with Crippen LogP contribution in [0.15, 0.2) is 24.3 Å². The van der Waals surface area contributed by atoms with Crippen molar-refractivity contribution in [3.63, 3.8) is 0 Å². The molecule has 1 aliphatic rings. The monoisotopic (exact) mass is 286 g/mol. The Labute approximate surface area is 127 Å². The molecule has 0 spiro atoms. The van der Waals surface area contributed by atoms with Crippen LogP contribution in [0.2, 0.25) is 0 Å². The number of fused-ring (bicyclic) bond motifs is 1. The fraction of sp³-hybridized carbons (Fsp3) is 0.611. The first-order chi connectivity index (χ1) is 10.0. The third kappa shape index (κ3) is 2.59. The predicted octanol–water partition coefficient (Wildman–Crippen LogP) is 3.79. The summed E-state index contributed by atoms with van der Waals surface area (Å²) < 4.78 is 2.25. The van der Waals surface area contributed by atoms with Gasteiger partial charge in [0, 0.05) is 13.0 Å². The second-order valence-electron chi connectivity index (χ2n) is 6.82. The molecule has 0 bridgehead atoms. The van der Waals surface area contributed by atoms with E-state index >= 15 is 0 Å². The van der Waals surface area contributed by atoms with Gasteiger partial charge in [-0.3, -0.25) is 0 Å². The lowest BCUT2D eigenvalue weighted by Crippen LogP contribution is -2.43. The predicted molar refractivity (Wildman–Crippen MR) is 86.2 cm³/mol. The van der Waals surface area contributed by atoms with E-state index in [1.54, 1.807) is 0 Å². The molecule has 0 amide bonds. The highest BCUT2D eigenvalue weighted by molar-refractivity contribution is 5.75. The molecule has 1 aliphatic carbocycles. The number of rotatable bonds is 3. The highest BCUT2D eigenvalue weighted by atomic mass is 16.3. The number of hydrogen-bond acceptors (Lipinski definition) is 2. The van der Waals surface area contributed by atoms with Crippen molar-refractivity contribution in [1.82, 2.24) is 9.55 Å². The second-order valence-corrected chi connectivity index (χ2v) is 6.82. The van der Waals surface area contributed by atoms with Crippen molar-refractivity contribution in [2.45, 2.75) is 58.6 Å². The number of benzene rings is 1. The molecule has 3 heteroatoms. The van der Waals surface area contributed by atoms with E-state index in [-0.39, 0.29) is 0 Å². The third-order valence-electron chi connectivity index (χ3n) is 5.26. The zero-order valence-corrected chi connectivity index (χ0v) is 13.3. The molecular formula is C18H26N2O. The van der Waals surface area contributed by atoms with Gasteiger partial charge in [0.05, 0.1) is 16.6 Å². The van der Waals surface area contributed by atoms with E-state index in [1.165, 1.54) is 5.52 Å². The summed E-state index contributed by atoms with van der Waals surface area (Å²) in [5, 5.41) is 11.1. The SMILES string of the molecule is CCn1c(CC2(O)CCC(C)CC2C)nc2ccccc21. The van der Waals surface area contributed by atoms with Gasteiger partial charge in [-0.25, -0.2) is 4.98 Å². The average molecular weight is 286 g/mol. The summed E-state index contributed by atoms with van der Waals surface area (Å²) in [5.41, 5.74) is 1.62. The molecule has 3 rings (SSSR count). The Kier molecular flexibility index (Phi) is 3.78. The van der Waals surface area contributed by atoms with Crippen molar-refractivity contribution in [1.29, 1.82) is 0 Å². The maximum absolute atomic E-state index is 11.1. The van der Waals surface area contributed by atoms with Gasteiger partial charge in [-0.15, -0.1) is 0 Å². The fourth-order valence-electron chi connectivity index (χ4n) is 3.83. The van der Waals surface area contributed by atoms with Crippen LogP contribution in [0.5, 0.6) is 0 Å². The zero-order chi connectivity index (χ0) is 15.0. The van der Waals surface area contributed by atoms with Crippen molar-refractivity contribution in [3.05, 3.63) is 30.1 Å². The van der Waals surface area contributed by atoms with Gasteiger partial charge in [0.25, 0.3) is 0 Å². The van der Waals surface area contributed by atoms with Crippen LogP contribution in [0, 0.1) is 11.8 Å². The molecular weight excluding hydrogens is 260 g/mol. The molecule has 0 radical (unpaired) electrons. The Hall–Kier alpha value is -1.35. The molecule has 3 nitrogen and oxygen atoms in total. The van der Waals surface area contributed by atoms with Gasteiger partial charge in [0.1, 0.15) is 5.82 Å². The number of imidazole rings is 1. The van der Waals surface area contributed by atoms with E-state index in [0.717, 1.165) is 43.1 Å². The van der Waals surface area contributed by atoms with E-state index in [0.29, 0.717) is 12.3 Å². The van der Waals surface area contributed by atoms with Crippen molar-refractivity contribution in [2.24, 2.45) is 11.8 Å². The first-order valence-electron chi connectivity index (χ1n) is 8.20. The summed E-state index contributed by atoms with van der Waals surface area (Å²) in [5.74, 6) is 2.10. The summed E-state index contributed by atoms with van der Waals surface area (Å²) in [7, 11) is 0. The number of aryl methyl sites for hydroxylation is 1. The highest BCUT2D eigenvalue weighted by Crippen LogP contribution is 2.39. The molecule has 1 aromatic heterocycles. The quantitative estimate of drug-likeness (QED) is 0.932. The van der Waals surface area contributed by atoms with Gasteiger partial charge in [-0.2, -0.15) is 0 Å². The summed E-state index contributed by atoms with van der Waals surface area (Å²) in [6.45, 7) is 7.52. The molecule has 21 heavy (non-hydrogen) atoms. The van der Waals surface area contributed by atoms with Crippen LogP contribution in [0.1, 0.15) is 45.9 Å². The number of hydrogen-bond donors (Lipinski definition) is 1. The van der Waals surface area contributed by atoms with Gasteiger partial charge in [0.15, 0.2) is 0 Å². The van der Waals surface area contributed by atoms with Gasteiger partial charge in [-0.05, 0) is 50.2 Å². The summed E-state index contributed by atoms with van der Waals surface area (Å²) in [4.78, 5) is 4.78. The Bertz CT molecular complexity index is 633. The van der Waals surface area contributed by atoms with E-state index in [2.05, 4.69) is 43.5 Å². The Morgan fingerprint density at radius 1 is 1.33 bits per heavy atom. The molecule has 3 unspecified atom stereocenters. The summed E-state index contributed by atoms with van der Waals surface area (Å²) in [6, 6.07) is 8.26. The van der Waals surface area contributed by atoms with Gasteiger partial charge >= 0.3 is 0 Å². The van der Waals surface area contributed by atoms with Crippen LogP contribution in [-0.2, 0) is 13.0 Å². The second kappa shape index (κ2) is 5.45. The minimum absolute atomic E-state index is 0.339. The lowest BCUT2D eigenvalue weighted by Gasteiger charge is -2.40. The van der Waals surface area contributed by atoms with Gasteiger partial charge < -0.3 is 9.67 Å². The van der Waals surface area contributed by atoms with Crippen LogP contribution >= 0.6 is 0 Å². The van der Waals surface area contributed by atoms with E-state index < -0.39 is 5.60 Å². The van der Waals surface area contributed by atoms with Crippen molar-refractivity contribution in [2.75, 3.05) is 0 Å². The fourth-order valence-corrected chi connectivity index (χ4v) is 3.83. The lowest BCUT2D eigenvalue weighted by atomic mass is 9.70. The molecule has 1 saturated carbocycles. The van der Waals surface area contributed by atoms with Crippen molar-refractivity contribution >= 4 is 11.0 Å². The Morgan fingerprint density at radius 2 is 2.10 bits per heavy atom. The standard InChI is InChI=1S/C18H26N2O/c1-4-20-16-8-6-5-7-15(16)19-17(20)12-18(21)10-9-13(2)11-14(18)3/h5-8,13-14,21H,4,9-12H2,1-3H3. The Morgan fingerprint density at radius 3 is 2.81 bits per heavy atom. The van der Waals surface area contributed by atoms with Crippen LogP contribution in [0.25, 0.3) is 11.0 Å². The number of aliphatic hydroxyl groups is 1. The normalized spacial score (nSPS) is 29.9. The smallest absolute Gasteiger partial charge is 0.112 e. The molecule has 1 aromatic carbocycles. The first-order valence-corrected chi connectivity index (χ1v) is 8.20. The molecule has 0 aliphatic heterocycles. The first kappa shape index (κ1) is 14.6. The molecule has 1 N–H and O–H groups in total. The lowest BCUT2D eigenvalue weighted by molar-refractivity contribution is -0.0540. The number of para-hydroxylation sites is 2. The van der Waals surface area contributed by atoms with E-state index in [1.807, 2.05) is 6.07 Å². The van der Waals surface area contributed by atoms with Gasteiger partial charge in [-0.1, -0.05) is 26.0 Å². The maximum atomic E-state index is 11.1. The third-order valence-corrected chi connectivity index (χ3v) is 5.26. The molecule has 114 valence electrons. The van der Waals surface area contributed by atoms with Crippen LogP contribution in [0.3, 0.4) is 0 Å². The van der Waals surface area contributed by atoms with Gasteiger partial charge in [0.2, 0.25) is 0 Å². The Balaban J connectivity index is 1.94. The van der Waals surface area contributed by atoms with Crippen LogP contribution < -0.4 is 0 Å². The van der Waals surface area contributed by atoms with Crippen LogP contribution in [-0.4, -0.2) is 20.3 Å². The summed E-state index contributed by atoms with van der Waals surface area (Å²) >= 11 is 0. The molecule has 0 saturated heterocycles. The van der Waals surface area contributed by atoms with Crippen LogP contribution in [0.4, 0.5) is 0 Å². The van der Waals surface area contributed by atoms with E-state index in [4.69, 9.17) is 4.98 Å². The number of aromatic nitrogens is 2. The maximum Gasteiger partial charge on any atom is 0.112 e. The topological polar surface area (TPSA) is 38.0 Å². The van der Waals surface area contributed by atoms with Crippen molar-refractivity contribution in [3.8, 4) is 0 Å².